The third kappa shape index (κ3) is 0.931. The van der Waals surface area contributed by atoms with Crippen LogP contribution in [0, 0.1) is 0 Å². The maximum absolute atomic E-state index is 9.35. The Morgan fingerprint density at radius 3 is 2.82 bits per heavy atom. The van der Waals surface area contributed by atoms with E-state index in [9.17, 15) is 5.11 Å². The van der Waals surface area contributed by atoms with Crippen molar-refractivity contribution in [2.45, 2.75) is 6.23 Å². The van der Waals surface area contributed by atoms with Gasteiger partial charge in [-0.3, -0.25) is 0 Å². The summed E-state index contributed by atoms with van der Waals surface area (Å²) in [6.07, 6.45) is -0.612. The van der Waals surface area contributed by atoms with Gasteiger partial charge in [0.25, 0.3) is 0 Å². The second-order valence-electron chi connectivity index (χ2n) is 2.46. The molecule has 1 aromatic rings. The Morgan fingerprint density at radius 1 is 1.36 bits per heavy atom. The van der Waals surface area contributed by atoms with Crippen LogP contribution in [0.4, 0.5) is 0 Å². The zero-order valence-electron chi connectivity index (χ0n) is 5.74. The number of benzene rings is 1. The molecule has 1 atom stereocenters. The van der Waals surface area contributed by atoms with Crippen LogP contribution in [0.2, 0.25) is 0 Å². The second kappa shape index (κ2) is 2.29. The summed E-state index contributed by atoms with van der Waals surface area (Å²) in [5.41, 5.74) is 1.81. The molecule has 11 heavy (non-hydrogen) atoms. The van der Waals surface area contributed by atoms with E-state index in [1.165, 1.54) is 0 Å². The molecule has 0 bridgehead atoms. The number of hydrogen-bond acceptors (Lipinski definition) is 2. The molecule has 0 aromatic heterocycles. The molecule has 0 fully saturated rings. The van der Waals surface area contributed by atoms with Gasteiger partial charge >= 0.3 is 0 Å². The van der Waals surface area contributed by atoms with E-state index in [4.69, 9.17) is 12.2 Å². The van der Waals surface area contributed by atoms with Gasteiger partial charge in [0.2, 0.25) is 0 Å². The van der Waals surface area contributed by atoms with E-state index in [0.29, 0.717) is 4.99 Å². The third-order valence-electron chi connectivity index (χ3n) is 1.77. The van der Waals surface area contributed by atoms with Gasteiger partial charge in [0.05, 0.1) is 0 Å². The molecule has 1 aromatic carbocycles. The van der Waals surface area contributed by atoms with Crippen molar-refractivity contribution < 1.29 is 5.11 Å². The zero-order valence-corrected chi connectivity index (χ0v) is 6.56. The van der Waals surface area contributed by atoms with Crippen molar-refractivity contribution in [3.63, 3.8) is 0 Å². The Kier molecular flexibility index (Phi) is 1.41. The molecule has 0 aliphatic carbocycles. The van der Waals surface area contributed by atoms with Crippen LogP contribution in [-0.4, -0.2) is 10.1 Å². The number of fused-ring (bicyclic) bond motifs is 1. The van der Waals surface area contributed by atoms with Gasteiger partial charge in [-0.15, -0.1) is 0 Å². The van der Waals surface area contributed by atoms with Gasteiger partial charge in [-0.25, -0.2) is 0 Å². The third-order valence-corrected chi connectivity index (χ3v) is 2.11. The normalized spacial score (nSPS) is 21.2. The van der Waals surface area contributed by atoms with E-state index in [2.05, 4.69) is 5.32 Å². The van der Waals surface area contributed by atoms with Gasteiger partial charge < -0.3 is 10.4 Å². The second-order valence-corrected chi connectivity index (χ2v) is 2.87. The number of aliphatic hydroxyl groups is 1. The average Bonchev–Trinajstić information content (AvgIpc) is 2.30. The monoisotopic (exact) mass is 165 g/mol. The van der Waals surface area contributed by atoms with Crippen LogP contribution in [-0.2, 0) is 0 Å². The molecule has 0 amide bonds. The lowest BCUT2D eigenvalue weighted by Gasteiger charge is -2.00. The molecule has 2 rings (SSSR count). The van der Waals surface area contributed by atoms with Crippen LogP contribution in [0.5, 0.6) is 0 Å². The fourth-order valence-electron chi connectivity index (χ4n) is 1.22. The predicted molar refractivity (Wildman–Crippen MR) is 46.2 cm³/mol. The van der Waals surface area contributed by atoms with Crippen molar-refractivity contribution in [1.29, 1.82) is 0 Å². The first-order valence-corrected chi connectivity index (χ1v) is 3.78. The van der Waals surface area contributed by atoms with E-state index in [0.717, 1.165) is 11.1 Å². The average molecular weight is 165 g/mol. The Morgan fingerprint density at radius 2 is 2.09 bits per heavy atom. The van der Waals surface area contributed by atoms with Gasteiger partial charge in [0.15, 0.2) is 6.23 Å². The summed E-state index contributed by atoms with van der Waals surface area (Å²) in [4.78, 5) is 0.633. The lowest BCUT2D eigenvalue weighted by molar-refractivity contribution is 0.170. The summed E-state index contributed by atoms with van der Waals surface area (Å²) in [5, 5.41) is 12.1. The van der Waals surface area contributed by atoms with Crippen LogP contribution in [0.1, 0.15) is 17.4 Å². The van der Waals surface area contributed by atoms with Gasteiger partial charge in [0.1, 0.15) is 4.99 Å². The first-order chi connectivity index (χ1) is 5.29. The summed E-state index contributed by atoms with van der Waals surface area (Å²) in [6, 6.07) is 7.57. The lowest BCUT2D eigenvalue weighted by atomic mass is 10.1. The summed E-state index contributed by atoms with van der Waals surface area (Å²) >= 11 is 4.98. The van der Waals surface area contributed by atoms with Crippen molar-refractivity contribution in [2.75, 3.05) is 0 Å². The van der Waals surface area contributed by atoms with Crippen LogP contribution < -0.4 is 5.32 Å². The molecular formula is C8H7NOS. The molecule has 1 aliphatic heterocycles. The highest BCUT2D eigenvalue weighted by Crippen LogP contribution is 2.22. The minimum Gasteiger partial charge on any atom is -0.369 e. The summed E-state index contributed by atoms with van der Waals surface area (Å²) in [6.45, 7) is 0. The topological polar surface area (TPSA) is 32.3 Å². The summed E-state index contributed by atoms with van der Waals surface area (Å²) < 4.78 is 0. The molecule has 0 spiro atoms. The van der Waals surface area contributed by atoms with Gasteiger partial charge in [-0.1, -0.05) is 36.5 Å². The molecule has 3 heteroatoms. The molecule has 56 valence electrons. The highest BCUT2D eigenvalue weighted by atomic mass is 32.1. The zero-order chi connectivity index (χ0) is 7.84. The maximum atomic E-state index is 9.35. The molecule has 1 heterocycles. The highest BCUT2D eigenvalue weighted by molar-refractivity contribution is 7.80. The first kappa shape index (κ1) is 6.76. The Labute approximate surface area is 69.9 Å². The first-order valence-electron chi connectivity index (χ1n) is 3.37. The minimum atomic E-state index is -0.612. The Balaban J connectivity index is 2.60. The fourth-order valence-corrected chi connectivity index (χ4v) is 1.52. The summed E-state index contributed by atoms with van der Waals surface area (Å²) in [7, 11) is 0. The molecule has 2 nitrogen and oxygen atoms in total. The minimum absolute atomic E-state index is 0.612. The van der Waals surface area contributed by atoms with Crippen LogP contribution >= 0.6 is 12.2 Å². The van der Waals surface area contributed by atoms with Gasteiger partial charge in [-0.2, -0.15) is 0 Å². The van der Waals surface area contributed by atoms with Gasteiger partial charge in [-0.05, 0) is 0 Å². The smallest absolute Gasteiger partial charge is 0.152 e. The van der Waals surface area contributed by atoms with Crippen molar-refractivity contribution in [3.05, 3.63) is 35.4 Å². The molecule has 2 N–H and O–H groups in total. The Hall–Kier alpha value is -0.930. The van der Waals surface area contributed by atoms with Crippen LogP contribution in [0.25, 0.3) is 0 Å². The number of aliphatic hydroxyl groups excluding tert-OH is 1. The van der Waals surface area contributed by atoms with E-state index in [1.54, 1.807) is 0 Å². The van der Waals surface area contributed by atoms with Gasteiger partial charge in [0, 0.05) is 11.1 Å². The lowest BCUT2D eigenvalue weighted by Crippen LogP contribution is -2.16. The number of nitrogens with one attached hydrogen (secondary N) is 1. The van der Waals surface area contributed by atoms with E-state index < -0.39 is 6.23 Å². The molecule has 0 saturated carbocycles. The summed E-state index contributed by atoms with van der Waals surface area (Å²) in [5.74, 6) is 0. The highest BCUT2D eigenvalue weighted by Gasteiger charge is 2.22. The largest absolute Gasteiger partial charge is 0.369 e. The number of thiocarbonyl (C=S) groups is 1. The predicted octanol–water partition coefficient (Wildman–Crippen LogP) is 0.956. The molecular weight excluding hydrogens is 158 g/mol. The van der Waals surface area contributed by atoms with Crippen molar-refractivity contribution in [1.82, 2.24) is 5.32 Å². The standard InChI is InChI=1S/C8H7NOS/c10-7-5-3-1-2-4-6(5)8(11)9-7/h1-4,7,10H,(H,9,11). The van der Waals surface area contributed by atoms with E-state index in [1.807, 2.05) is 24.3 Å². The maximum Gasteiger partial charge on any atom is 0.152 e. The number of hydrogen-bond donors (Lipinski definition) is 2. The molecule has 1 aliphatic rings. The SMILES string of the molecule is OC1NC(=S)c2ccccc21. The van der Waals surface area contributed by atoms with E-state index >= 15 is 0 Å². The Bertz CT molecular complexity index is 311. The van der Waals surface area contributed by atoms with Crippen molar-refractivity contribution in [3.8, 4) is 0 Å². The quantitative estimate of drug-likeness (QED) is 0.561. The molecule has 1 unspecified atom stereocenters. The number of rotatable bonds is 0. The van der Waals surface area contributed by atoms with Crippen molar-refractivity contribution in [2.24, 2.45) is 0 Å². The fraction of sp³-hybridized carbons (Fsp3) is 0.125. The van der Waals surface area contributed by atoms with E-state index in [-0.39, 0.29) is 0 Å². The van der Waals surface area contributed by atoms with Crippen molar-refractivity contribution >= 4 is 17.2 Å². The van der Waals surface area contributed by atoms with Crippen LogP contribution in [0.3, 0.4) is 0 Å². The van der Waals surface area contributed by atoms with Crippen LogP contribution in [0.15, 0.2) is 24.3 Å². The molecule has 0 saturated heterocycles. The molecule has 0 radical (unpaired) electrons.